The van der Waals surface area contributed by atoms with Gasteiger partial charge in [-0.1, -0.05) is 24.3 Å². The minimum Gasteiger partial charge on any atom is -0.497 e. The number of rotatable bonds is 6. The number of benzene rings is 2. The second-order valence-corrected chi connectivity index (χ2v) is 9.70. The summed E-state index contributed by atoms with van der Waals surface area (Å²) < 4.78 is 20.6. The van der Waals surface area contributed by atoms with E-state index < -0.39 is 5.60 Å². The molecule has 0 saturated carbocycles. The van der Waals surface area contributed by atoms with Gasteiger partial charge in [-0.15, -0.1) is 0 Å². The van der Waals surface area contributed by atoms with Crippen molar-refractivity contribution in [1.82, 2.24) is 24.6 Å². The predicted octanol–water partition coefficient (Wildman–Crippen LogP) is 3.92. The Labute approximate surface area is 225 Å². The molecule has 6 rings (SSSR count). The van der Waals surface area contributed by atoms with E-state index in [1.54, 1.807) is 44.9 Å². The van der Waals surface area contributed by atoms with Gasteiger partial charge in [-0.05, 0) is 48.4 Å². The maximum atomic E-state index is 13.3. The fourth-order valence-electron chi connectivity index (χ4n) is 4.92. The average Bonchev–Trinajstić information content (AvgIpc) is 3.42. The first kappa shape index (κ1) is 24.7. The number of piperazine rings is 1. The number of methoxy groups -OCH3 is 1. The van der Waals surface area contributed by atoms with Gasteiger partial charge in [-0.2, -0.15) is 5.10 Å². The minimum absolute atomic E-state index is 0.350. The molecule has 3 aromatic heterocycles. The van der Waals surface area contributed by atoms with E-state index in [0.29, 0.717) is 30.2 Å². The smallest absolute Gasteiger partial charge is 0.225 e. The first-order valence-corrected chi connectivity index (χ1v) is 12.7. The average molecular weight is 526 g/mol. The molecule has 1 atom stereocenters. The fourth-order valence-corrected chi connectivity index (χ4v) is 4.92. The van der Waals surface area contributed by atoms with E-state index in [-0.39, 0.29) is 5.82 Å². The molecule has 1 saturated heterocycles. The highest BCUT2D eigenvalue weighted by Crippen LogP contribution is 2.31. The van der Waals surface area contributed by atoms with Crippen LogP contribution >= 0.6 is 0 Å². The van der Waals surface area contributed by atoms with E-state index in [1.807, 2.05) is 35.0 Å². The number of hydrogen-bond acceptors (Lipinski definition) is 8. The number of hydrogen-bond donors (Lipinski definition) is 1. The minimum atomic E-state index is -1.33. The summed E-state index contributed by atoms with van der Waals surface area (Å²) in [5.41, 5.74) is 2.82. The van der Waals surface area contributed by atoms with E-state index in [2.05, 4.69) is 35.9 Å². The van der Waals surface area contributed by atoms with Crippen molar-refractivity contribution in [1.29, 1.82) is 0 Å². The summed E-state index contributed by atoms with van der Waals surface area (Å²) in [6.07, 6.45) is 6.85. The Bertz CT molecular complexity index is 1590. The molecular weight excluding hydrogens is 497 g/mol. The molecule has 1 fully saturated rings. The van der Waals surface area contributed by atoms with Crippen LogP contribution in [0.3, 0.4) is 0 Å². The Morgan fingerprint density at radius 3 is 2.31 bits per heavy atom. The number of anilines is 2. The van der Waals surface area contributed by atoms with Crippen LogP contribution in [0.5, 0.6) is 5.75 Å². The van der Waals surface area contributed by atoms with E-state index in [9.17, 15) is 9.50 Å². The largest absolute Gasteiger partial charge is 0.497 e. The summed E-state index contributed by atoms with van der Waals surface area (Å²) in [6, 6.07) is 15.9. The van der Waals surface area contributed by atoms with Crippen LogP contribution in [0.25, 0.3) is 16.6 Å². The second kappa shape index (κ2) is 9.95. The molecule has 0 bridgehead atoms. The van der Waals surface area contributed by atoms with E-state index in [1.165, 1.54) is 12.1 Å². The van der Waals surface area contributed by atoms with Crippen molar-refractivity contribution < 1.29 is 14.2 Å². The Kier molecular flexibility index (Phi) is 6.32. The second-order valence-electron chi connectivity index (χ2n) is 9.70. The summed E-state index contributed by atoms with van der Waals surface area (Å²) in [6.45, 7) is 4.57. The monoisotopic (exact) mass is 525 g/mol. The van der Waals surface area contributed by atoms with E-state index >= 15 is 0 Å². The molecule has 0 radical (unpaired) electrons. The zero-order valence-corrected chi connectivity index (χ0v) is 21.7. The number of ether oxygens (including phenoxy) is 1. The van der Waals surface area contributed by atoms with Crippen molar-refractivity contribution in [3.05, 3.63) is 96.5 Å². The summed E-state index contributed by atoms with van der Waals surface area (Å²) >= 11 is 0. The van der Waals surface area contributed by atoms with Crippen molar-refractivity contribution in [2.24, 2.45) is 0 Å². The van der Waals surface area contributed by atoms with Crippen LogP contribution in [-0.2, 0) is 5.60 Å². The lowest BCUT2D eigenvalue weighted by Gasteiger charge is -2.35. The Hall–Kier alpha value is -4.57. The summed E-state index contributed by atoms with van der Waals surface area (Å²) in [5.74, 6) is 1.94. The molecule has 1 aliphatic rings. The van der Waals surface area contributed by atoms with Gasteiger partial charge in [0.15, 0.2) is 5.82 Å². The molecule has 4 heterocycles. The fraction of sp³-hybridized carbons (Fsp3) is 0.241. The molecule has 5 aromatic rings. The number of aliphatic hydroxyl groups is 1. The first-order chi connectivity index (χ1) is 18.9. The number of halogens is 1. The molecule has 0 unspecified atom stereocenters. The van der Waals surface area contributed by atoms with Crippen molar-refractivity contribution in [2.75, 3.05) is 43.1 Å². The third-order valence-electron chi connectivity index (χ3n) is 7.26. The lowest BCUT2D eigenvalue weighted by molar-refractivity contribution is 0.101. The zero-order valence-electron chi connectivity index (χ0n) is 21.7. The zero-order chi connectivity index (χ0) is 27.0. The summed E-state index contributed by atoms with van der Waals surface area (Å²) in [4.78, 5) is 18.0. The molecule has 198 valence electrons. The third kappa shape index (κ3) is 4.74. The van der Waals surface area contributed by atoms with Crippen LogP contribution in [0.1, 0.15) is 18.1 Å². The molecule has 0 amide bonds. The highest BCUT2D eigenvalue weighted by Gasteiger charge is 2.28. The Balaban J connectivity index is 1.17. The van der Waals surface area contributed by atoms with Gasteiger partial charge in [-0.3, -0.25) is 0 Å². The lowest BCUT2D eigenvalue weighted by atomic mass is 9.90. The van der Waals surface area contributed by atoms with Crippen LogP contribution < -0.4 is 14.5 Å². The van der Waals surface area contributed by atoms with Crippen LogP contribution in [0, 0.1) is 5.82 Å². The third-order valence-corrected chi connectivity index (χ3v) is 7.26. The van der Waals surface area contributed by atoms with Gasteiger partial charge in [0, 0.05) is 55.9 Å². The predicted molar refractivity (Wildman–Crippen MR) is 147 cm³/mol. The van der Waals surface area contributed by atoms with Crippen LogP contribution in [0.4, 0.5) is 16.2 Å². The molecule has 2 aromatic carbocycles. The van der Waals surface area contributed by atoms with Gasteiger partial charge in [0.25, 0.3) is 0 Å². The normalized spacial score (nSPS) is 15.4. The van der Waals surface area contributed by atoms with Crippen molar-refractivity contribution in [3.8, 4) is 16.9 Å². The molecule has 39 heavy (non-hydrogen) atoms. The topological polar surface area (TPSA) is 91.9 Å². The van der Waals surface area contributed by atoms with Gasteiger partial charge in [0.1, 0.15) is 29.0 Å². The van der Waals surface area contributed by atoms with E-state index in [4.69, 9.17) is 4.74 Å². The summed E-state index contributed by atoms with van der Waals surface area (Å²) in [7, 11) is 1.66. The van der Waals surface area contributed by atoms with Gasteiger partial charge in [0.05, 0.1) is 7.11 Å². The van der Waals surface area contributed by atoms with Crippen LogP contribution in [-0.4, -0.2) is 63.0 Å². The number of aromatic nitrogens is 5. The molecule has 9 nitrogen and oxygen atoms in total. The molecule has 1 N–H and O–H groups in total. The van der Waals surface area contributed by atoms with Crippen molar-refractivity contribution >= 4 is 17.3 Å². The van der Waals surface area contributed by atoms with Gasteiger partial charge in [-0.25, -0.2) is 23.9 Å². The van der Waals surface area contributed by atoms with Crippen LogP contribution in [0.2, 0.25) is 0 Å². The quantitative estimate of drug-likeness (QED) is 0.357. The molecule has 0 aliphatic carbocycles. The Morgan fingerprint density at radius 2 is 1.59 bits per heavy atom. The maximum absolute atomic E-state index is 13.3. The highest BCUT2D eigenvalue weighted by atomic mass is 19.1. The molecule has 0 spiro atoms. The lowest BCUT2D eigenvalue weighted by Crippen LogP contribution is -2.47. The van der Waals surface area contributed by atoms with E-state index in [0.717, 1.165) is 41.3 Å². The molecular formula is C29H28FN7O2. The van der Waals surface area contributed by atoms with Gasteiger partial charge >= 0.3 is 0 Å². The van der Waals surface area contributed by atoms with Crippen molar-refractivity contribution in [2.45, 2.75) is 12.5 Å². The first-order valence-electron chi connectivity index (χ1n) is 12.7. The van der Waals surface area contributed by atoms with Crippen LogP contribution in [0.15, 0.2) is 79.5 Å². The van der Waals surface area contributed by atoms with Gasteiger partial charge in [0.2, 0.25) is 5.95 Å². The van der Waals surface area contributed by atoms with Crippen molar-refractivity contribution in [3.63, 3.8) is 0 Å². The number of nitrogens with zero attached hydrogens (tertiary/aromatic N) is 7. The molecule has 10 heteroatoms. The highest BCUT2D eigenvalue weighted by molar-refractivity contribution is 5.78. The van der Waals surface area contributed by atoms with Gasteiger partial charge < -0.3 is 19.6 Å². The Morgan fingerprint density at radius 1 is 0.872 bits per heavy atom. The maximum Gasteiger partial charge on any atom is 0.225 e. The number of fused-ring (bicyclic) bond motifs is 1. The summed E-state index contributed by atoms with van der Waals surface area (Å²) in [5, 5.41) is 15.5. The standard InChI is InChI=1S/C29H28FN7O2/c1-29(38,22-6-8-24(30)9-7-22)23-16-31-28(32-17-23)36-12-10-35(11-13-36)27-26-15-21(18-37(26)34-19-33-27)20-4-3-5-25(14-20)39-2/h3-9,14-19,38H,10-13H2,1-2H3/t29-/m0/s1. The molecule has 1 aliphatic heterocycles. The SMILES string of the molecule is COc1cccc(-c2cc3c(N4CCN(c5ncc([C@@](C)(O)c6ccc(F)cc6)cn5)CC4)ncnn3c2)c1.